The number of rotatable bonds is 5. The van der Waals surface area contributed by atoms with Crippen LogP contribution in [0.25, 0.3) is 60.5 Å². The fraction of sp³-hybridized carbons (Fsp3) is 0.0612. The van der Waals surface area contributed by atoms with Crippen LogP contribution in [0, 0.1) is 0 Å². The lowest BCUT2D eigenvalue weighted by Gasteiger charge is -2.35. The number of anilines is 3. The molecule has 1 aliphatic rings. The molecule has 0 unspecified atom stereocenters. The average Bonchev–Trinajstić information content (AvgIpc) is 3.51. The molecule has 0 amide bonds. The Morgan fingerprint density at radius 2 is 1.04 bits per heavy atom. The third-order valence-electron chi connectivity index (χ3n) is 11.0. The van der Waals surface area contributed by atoms with E-state index in [9.17, 15) is 0 Å². The van der Waals surface area contributed by atoms with E-state index in [1.54, 1.807) is 0 Å². The van der Waals surface area contributed by atoms with Crippen molar-refractivity contribution in [2.45, 2.75) is 19.3 Å². The van der Waals surface area contributed by atoms with Gasteiger partial charge in [0.25, 0.3) is 0 Å². The molecule has 0 saturated carbocycles. The molecule has 0 spiro atoms. The van der Waals surface area contributed by atoms with Crippen LogP contribution in [-0.2, 0) is 5.41 Å². The van der Waals surface area contributed by atoms with Gasteiger partial charge in [-0.3, -0.25) is 0 Å². The molecular formula is C49H36N2. The lowest BCUT2D eigenvalue weighted by Crippen LogP contribution is -2.23. The second-order valence-electron chi connectivity index (χ2n) is 14.2. The molecule has 0 saturated heterocycles. The van der Waals surface area contributed by atoms with Gasteiger partial charge in [-0.05, 0) is 99.3 Å². The van der Waals surface area contributed by atoms with Gasteiger partial charge in [-0.1, -0.05) is 135 Å². The lowest BCUT2D eigenvalue weighted by atomic mass is 9.68. The highest BCUT2D eigenvalue weighted by molar-refractivity contribution is 6.23. The molecule has 9 aromatic rings. The highest BCUT2D eigenvalue weighted by Crippen LogP contribution is 2.52. The van der Waals surface area contributed by atoms with E-state index < -0.39 is 0 Å². The van der Waals surface area contributed by atoms with E-state index in [-0.39, 0.29) is 5.41 Å². The fourth-order valence-corrected chi connectivity index (χ4v) is 8.55. The van der Waals surface area contributed by atoms with Crippen molar-refractivity contribution >= 4 is 49.6 Å². The number of hydrogen-bond acceptors (Lipinski definition) is 1. The van der Waals surface area contributed by atoms with E-state index in [4.69, 9.17) is 0 Å². The molecule has 0 aliphatic heterocycles. The number of fused-ring (bicyclic) bond motifs is 6. The van der Waals surface area contributed by atoms with Crippen LogP contribution in [0.15, 0.2) is 182 Å². The molecule has 1 aliphatic carbocycles. The van der Waals surface area contributed by atoms with Crippen LogP contribution < -0.4 is 4.90 Å². The van der Waals surface area contributed by atoms with Gasteiger partial charge in [0.1, 0.15) is 0 Å². The van der Waals surface area contributed by atoms with Gasteiger partial charge < -0.3 is 9.47 Å². The first kappa shape index (κ1) is 29.5. The zero-order valence-corrected chi connectivity index (χ0v) is 28.7. The van der Waals surface area contributed by atoms with E-state index in [0.29, 0.717) is 0 Å². The Morgan fingerprint density at radius 3 is 1.75 bits per heavy atom. The maximum absolute atomic E-state index is 2.50. The van der Waals surface area contributed by atoms with Crippen molar-refractivity contribution in [3.8, 4) is 27.9 Å². The molecule has 8 aromatic carbocycles. The van der Waals surface area contributed by atoms with Crippen LogP contribution in [0.4, 0.5) is 17.1 Å². The van der Waals surface area contributed by atoms with Crippen LogP contribution in [0.3, 0.4) is 0 Å². The van der Waals surface area contributed by atoms with Crippen molar-refractivity contribution in [1.82, 2.24) is 4.57 Å². The van der Waals surface area contributed by atoms with Crippen molar-refractivity contribution in [3.63, 3.8) is 0 Å². The summed E-state index contributed by atoms with van der Waals surface area (Å²) in [7, 11) is 0. The Hall–Kier alpha value is -6.38. The summed E-state index contributed by atoms with van der Waals surface area (Å²) >= 11 is 0. The normalized spacial score (nSPS) is 13.1. The molecule has 10 rings (SSSR count). The van der Waals surface area contributed by atoms with E-state index in [0.717, 1.165) is 22.7 Å². The highest BCUT2D eigenvalue weighted by Gasteiger charge is 2.35. The van der Waals surface area contributed by atoms with Gasteiger partial charge in [0.15, 0.2) is 0 Å². The lowest BCUT2D eigenvalue weighted by molar-refractivity contribution is 0.645. The molecule has 0 fully saturated rings. The number of para-hydroxylation sites is 3. The first-order chi connectivity index (χ1) is 25.1. The number of benzene rings is 8. The Morgan fingerprint density at radius 1 is 0.471 bits per heavy atom. The minimum atomic E-state index is -0.0932. The van der Waals surface area contributed by atoms with Crippen LogP contribution in [0.1, 0.15) is 25.0 Å². The Bertz CT molecular complexity index is 2700. The molecule has 1 aromatic heterocycles. The molecule has 51 heavy (non-hydrogen) atoms. The highest BCUT2D eigenvalue weighted by atomic mass is 15.1. The third kappa shape index (κ3) is 4.50. The minimum Gasteiger partial charge on any atom is -0.311 e. The summed E-state index contributed by atoms with van der Waals surface area (Å²) in [4.78, 5) is 2.30. The van der Waals surface area contributed by atoms with Crippen molar-refractivity contribution in [2.75, 3.05) is 4.90 Å². The molecule has 0 radical (unpaired) electrons. The molecule has 2 heteroatoms. The molecular weight excluding hydrogens is 617 g/mol. The quantitative estimate of drug-likeness (QED) is 0.180. The summed E-state index contributed by atoms with van der Waals surface area (Å²) in [5.41, 5.74) is 14.8. The van der Waals surface area contributed by atoms with Crippen LogP contribution >= 0.6 is 0 Å². The predicted octanol–water partition coefficient (Wildman–Crippen LogP) is 13.4. The van der Waals surface area contributed by atoms with Gasteiger partial charge in [0, 0.05) is 44.5 Å². The second kappa shape index (κ2) is 11.3. The van der Waals surface area contributed by atoms with Crippen LogP contribution in [0.2, 0.25) is 0 Å². The van der Waals surface area contributed by atoms with E-state index in [1.165, 1.54) is 66.0 Å². The molecule has 0 atom stereocenters. The van der Waals surface area contributed by atoms with E-state index in [2.05, 4.69) is 205 Å². The fourth-order valence-electron chi connectivity index (χ4n) is 8.55. The Balaban J connectivity index is 1.12. The van der Waals surface area contributed by atoms with Crippen molar-refractivity contribution in [3.05, 3.63) is 193 Å². The van der Waals surface area contributed by atoms with Crippen molar-refractivity contribution in [1.29, 1.82) is 0 Å². The Labute approximate surface area is 298 Å². The maximum Gasteiger partial charge on any atom is 0.0626 e. The summed E-state index contributed by atoms with van der Waals surface area (Å²) in [5, 5.41) is 5.24. The number of nitrogens with zero attached hydrogens (tertiary/aromatic N) is 2. The predicted molar refractivity (Wildman–Crippen MR) is 216 cm³/mol. The topological polar surface area (TPSA) is 8.17 Å². The molecule has 2 nitrogen and oxygen atoms in total. The largest absolute Gasteiger partial charge is 0.311 e. The van der Waals surface area contributed by atoms with Gasteiger partial charge in [0.05, 0.1) is 11.0 Å². The number of hydrogen-bond donors (Lipinski definition) is 0. The first-order valence-electron chi connectivity index (χ1n) is 17.8. The van der Waals surface area contributed by atoms with Crippen LogP contribution in [0.5, 0.6) is 0 Å². The van der Waals surface area contributed by atoms with Crippen molar-refractivity contribution < 1.29 is 0 Å². The zero-order chi connectivity index (χ0) is 34.1. The second-order valence-corrected chi connectivity index (χ2v) is 14.2. The maximum atomic E-state index is 2.50. The van der Waals surface area contributed by atoms with Gasteiger partial charge in [-0.25, -0.2) is 0 Å². The standard InChI is InChI=1S/C49H36N2/c1-49(2)43-21-11-9-20-41(43)47-46-35(14-13-22-44(46)49)32-42-40-19-10-12-23-45(40)51(48(42)47)39-30-26-34(27-31-39)33-24-28-38(29-25-33)50(36-15-5-3-6-16-36)37-17-7-4-8-18-37/h3-32H,1-2H3. The zero-order valence-electron chi connectivity index (χ0n) is 28.7. The van der Waals surface area contributed by atoms with E-state index >= 15 is 0 Å². The summed E-state index contributed by atoms with van der Waals surface area (Å²) < 4.78 is 2.50. The summed E-state index contributed by atoms with van der Waals surface area (Å²) in [6, 6.07) is 66.3. The van der Waals surface area contributed by atoms with Gasteiger partial charge in [-0.2, -0.15) is 0 Å². The molecule has 0 N–H and O–H groups in total. The Kier molecular flexibility index (Phi) is 6.56. The summed E-state index contributed by atoms with van der Waals surface area (Å²) in [6.07, 6.45) is 0. The monoisotopic (exact) mass is 652 g/mol. The first-order valence-corrected chi connectivity index (χ1v) is 17.8. The van der Waals surface area contributed by atoms with Gasteiger partial charge in [0.2, 0.25) is 0 Å². The molecule has 1 heterocycles. The van der Waals surface area contributed by atoms with Crippen LogP contribution in [-0.4, -0.2) is 4.57 Å². The van der Waals surface area contributed by atoms with Gasteiger partial charge in [-0.15, -0.1) is 0 Å². The average molecular weight is 653 g/mol. The number of aromatic nitrogens is 1. The van der Waals surface area contributed by atoms with Gasteiger partial charge >= 0.3 is 0 Å². The molecule has 242 valence electrons. The smallest absolute Gasteiger partial charge is 0.0626 e. The van der Waals surface area contributed by atoms with Crippen molar-refractivity contribution in [2.24, 2.45) is 0 Å². The summed E-state index contributed by atoms with van der Waals surface area (Å²) in [6.45, 7) is 4.74. The minimum absolute atomic E-state index is 0.0932. The van der Waals surface area contributed by atoms with E-state index in [1.807, 2.05) is 0 Å². The molecule has 0 bridgehead atoms. The SMILES string of the molecule is CC1(C)c2ccccc2-c2c3c1cccc3cc1c3ccccc3n(-c3ccc(-c4ccc(N(c5ccccc5)c5ccccc5)cc4)cc3)c21. The third-order valence-corrected chi connectivity index (χ3v) is 11.0. The summed E-state index contributed by atoms with van der Waals surface area (Å²) in [5.74, 6) is 0.